The maximum atomic E-state index is 12.8. The van der Waals surface area contributed by atoms with Crippen LogP contribution in [0, 0.1) is 11.6 Å². The predicted molar refractivity (Wildman–Crippen MR) is 44.1 cm³/mol. The topological polar surface area (TPSA) is 23.1 Å². The molecule has 0 spiro atoms. The minimum atomic E-state index is -1.14. The molecule has 1 atom stereocenters. The van der Waals surface area contributed by atoms with Gasteiger partial charge in [0.2, 0.25) is 0 Å². The van der Waals surface area contributed by atoms with E-state index in [0.29, 0.717) is 0 Å². The summed E-state index contributed by atoms with van der Waals surface area (Å²) in [5, 5.41) is 0. The van der Waals surface area contributed by atoms with Gasteiger partial charge in [-0.05, 0) is 18.2 Å². The second-order valence-electron chi connectivity index (χ2n) is 2.45. The molecule has 0 aliphatic rings. The summed E-state index contributed by atoms with van der Waals surface area (Å²) in [6.07, 6.45) is 1.45. The number of halogens is 2. The van der Waals surface area contributed by atoms with Gasteiger partial charge in [0.25, 0.3) is 0 Å². The smallest absolute Gasteiger partial charge is 0.133 e. The van der Waals surface area contributed by atoms with Gasteiger partial charge in [-0.25, -0.2) is 8.78 Å². The Kier molecular flexibility index (Phi) is 3.05. The van der Waals surface area contributed by atoms with Crippen LogP contribution in [0.2, 0.25) is 0 Å². The Hall–Kier alpha value is -0.610. The molecule has 0 radical (unpaired) electrons. The van der Waals surface area contributed by atoms with E-state index >= 15 is 0 Å². The first-order valence-corrected chi connectivity index (χ1v) is 5.06. The van der Waals surface area contributed by atoms with Crippen LogP contribution >= 0.6 is 0 Å². The van der Waals surface area contributed by atoms with Gasteiger partial charge in [0, 0.05) is 5.56 Å². The van der Waals surface area contributed by atoms with Gasteiger partial charge < -0.3 is 4.55 Å². The molecule has 0 saturated carbocycles. The molecule has 12 heavy (non-hydrogen) atoms. The molecule has 0 aromatic heterocycles. The molecule has 66 valence electrons. The molecule has 0 N–H and O–H groups in total. The number of rotatable bonds is 2. The highest BCUT2D eigenvalue weighted by atomic mass is 32.2. The molecule has 0 unspecified atom stereocenters. The first kappa shape index (κ1) is 9.48. The molecule has 0 bridgehead atoms. The first-order chi connectivity index (χ1) is 5.59. The van der Waals surface area contributed by atoms with E-state index < -0.39 is 22.8 Å². The van der Waals surface area contributed by atoms with Gasteiger partial charge in [0.1, 0.15) is 17.4 Å². The van der Waals surface area contributed by atoms with Crippen molar-refractivity contribution >= 4 is 11.2 Å². The van der Waals surface area contributed by atoms with Crippen molar-refractivity contribution in [3.63, 3.8) is 0 Å². The molecule has 1 aromatic carbocycles. The molecular formula is C8H8F2OS. The van der Waals surface area contributed by atoms with Crippen molar-refractivity contribution in [2.45, 2.75) is 5.75 Å². The van der Waals surface area contributed by atoms with Crippen molar-refractivity contribution in [2.75, 3.05) is 6.26 Å². The van der Waals surface area contributed by atoms with Crippen LogP contribution in [0.4, 0.5) is 8.78 Å². The van der Waals surface area contributed by atoms with Gasteiger partial charge in [0.15, 0.2) is 0 Å². The standard InChI is InChI=1S/C8H8F2OS/c1-12(11)5-6-4-7(9)2-3-8(6)10/h2-4H,5H2,1H3/t12-/m1/s1. The molecule has 1 rings (SSSR count). The summed E-state index contributed by atoms with van der Waals surface area (Å²) in [6, 6.07) is 3.14. The Morgan fingerprint density at radius 1 is 1.42 bits per heavy atom. The minimum Gasteiger partial charge on any atom is -0.616 e. The van der Waals surface area contributed by atoms with Crippen molar-refractivity contribution in [3.05, 3.63) is 35.4 Å². The molecule has 0 amide bonds. The summed E-state index contributed by atoms with van der Waals surface area (Å²) in [6.45, 7) is 0. The maximum Gasteiger partial charge on any atom is 0.133 e. The predicted octanol–water partition coefficient (Wildman–Crippen LogP) is 1.84. The van der Waals surface area contributed by atoms with E-state index in [-0.39, 0.29) is 11.3 Å². The summed E-state index contributed by atoms with van der Waals surface area (Å²) < 4.78 is 36.1. The van der Waals surface area contributed by atoms with Gasteiger partial charge in [-0.2, -0.15) is 0 Å². The molecular weight excluding hydrogens is 182 g/mol. The molecule has 0 aliphatic carbocycles. The summed E-state index contributed by atoms with van der Waals surface area (Å²) in [5.41, 5.74) is 0.163. The number of hydrogen-bond donors (Lipinski definition) is 0. The quantitative estimate of drug-likeness (QED) is 0.652. The van der Waals surface area contributed by atoms with E-state index in [1.807, 2.05) is 0 Å². The van der Waals surface area contributed by atoms with Gasteiger partial charge >= 0.3 is 0 Å². The molecule has 0 heterocycles. The van der Waals surface area contributed by atoms with Crippen LogP contribution in [0.3, 0.4) is 0 Å². The molecule has 1 nitrogen and oxygen atoms in total. The molecule has 1 aromatic rings. The zero-order chi connectivity index (χ0) is 9.14. The SMILES string of the molecule is C[S@@+]([O-])Cc1cc(F)ccc1F. The van der Waals surface area contributed by atoms with Gasteiger partial charge in [-0.15, -0.1) is 0 Å². The summed E-state index contributed by atoms with van der Waals surface area (Å²) in [7, 11) is 0. The summed E-state index contributed by atoms with van der Waals surface area (Å²) >= 11 is -1.14. The second kappa shape index (κ2) is 3.87. The third-order valence-electron chi connectivity index (χ3n) is 1.37. The molecule has 0 fully saturated rings. The van der Waals surface area contributed by atoms with Gasteiger partial charge in [0.05, 0.1) is 6.26 Å². The van der Waals surface area contributed by atoms with E-state index in [1.54, 1.807) is 0 Å². The van der Waals surface area contributed by atoms with Crippen LogP contribution < -0.4 is 0 Å². The Morgan fingerprint density at radius 2 is 2.08 bits per heavy atom. The van der Waals surface area contributed by atoms with E-state index in [9.17, 15) is 13.3 Å². The largest absolute Gasteiger partial charge is 0.616 e. The highest BCUT2D eigenvalue weighted by molar-refractivity contribution is 7.89. The zero-order valence-corrected chi connectivity index (χ0v) is 7.33. The normalized spacial score (nSPS) is 13.0. The Labute approximate surface area is 72.6 Å². The van der Waals surface area contributed by atoms with Crippen molar-refractivity contribution in [2.24, 2.45) is 0 Å². The first-order valence-electron chi connectivity index (χ1n) is 3.33. The van der Waals surface area contributed by atoms with Crippen LogP contribution in [0.1, 0.15) is 5.56 Å². The van der Waals surface area contributed by atoms with Crippen molar-refractivity contribution in [1.29, 1.82) is 0 Å². The zero-order valence-electron chi connectivity index (χ0n) is 6.51. The van der Waals surface area contributed by atoms with Crippen LogP contribution in [0.25, 0.3) is 0 Å². The highest BCUT2D eigenvalue weighted by Crippen LogP contribution is 2.12. The van der Waals surface area contributed by atoms with E-state index in [4.69, 9.17) is 0 Å². The monoisotopic (exact) mass is 190 g/mol. The lowest BCUT2D eigenvalue weighted by atomic mass is 10.2. The number of benzene rings is 1. The fraction of sp³-hybridized carbons (Fsp3) is 0.250. The lowest BCUT2D eigenvalue weighted by Crippen LogP contribution is -2.03. The van der Waals surface area contributed by atoms with Gasteiger partial charge in [-0.1, -0.05) is 11.2 Å². The molecule has 0 aliphatic heterocycles. The van der Waals surface area contributed by atoms with Crippen LogP contribution in [-0.4, -0.2) is 10.8 Å². The third-order valence-corrected chi connectivity index (χ3v) is 2.08. The van der Waals surface area contributed by atoms with Crippen LogP contribution in [0.15, 0.2) is 18.2 Å². The van der Waals surface area contributed by atoms with Gasteiger partial charge in [-0.3, -0.25) is 0 Å². The van der Waals surface area contributed by atoms with Crippen molar-refractivity contribution in [1.82, 2.24) is 0 Å². The summed E-state index contributed by atoms with van der Waals surface area (Å²) in [5.74, 6) is -0.952. The molecule has 4 heteroatoms. The van der Waals surface area contributed by atoms with Crippen LogP contribution in [0.5, 0.6) is 0 Å². The van der Waals surface area contributed by atoms with E-state index in [2.05, 4.69) is 0 Å². The fourth-order valence-corrected chi connectivity index (χ4v) is 1.53. The Bertz CT molecular complexity index is 276. The van der Waals surface area contributed by atoms with Crippen molar-refractivity contribution < 1.29 is 13.3 Å². The van der Waals surface area contributed by atoms with Crippen molar-refractivity contribution in [3.8, 4) is 0 Å². The number of hydrogen-bond acceptors (Lipinski definition) is 1. The third kappa shape index (κ3) is 2.46. The highest BCUT2D eigenvalue weighted by Gasteiger charge is 2.08. The fourth-order valence-electron chi connectivity index (χ4n) is 0.873. The lowest BCUT2D eigenvalue weighted by Gasteiger charge is -2.05. The summed E-state index contributed by atoms with van der Waals surface area (Å²) in [4.78, 5) is 0. The second-order valence-corrected chi connectivity index (χ2v) is 3.89. The Morgan fingerprint density at radius 3 is 2.67 bits per heavy atom. The van der Waals surface area contributed by atoms with E-state index in [1.165, 1.54) is 6.26 Å². The minimum absolute atomic E-state index is 0.0591. The maximum absolute atomic E-state index is 12.8. The average Bonchev–Trinajstić information content (AvgIpc) is 1.96. The molecule has 0 saturated heterocycles. The van der Waals surface area contributed by atoms with Crippen LogP contribution in [-0.2, 0) is 16.9 Å². The average molecular weight is 190 g/mol. The lowest BCUT2D eigenvalue weighted by molar-refractivity contribution is 0.581. The Balaban J connectivity index is 2.90. The van der Waals surface area contributed by atoms with E-state index in [0.717, 1.165) is 18.2 Å².